The smallest absolute Gasteiger partial charge is 0.301 e. The molecule has 16 heteroatoms. The molecule has 6 N–H and O–H groups in total. The van der Waals surface area contributed by atoms with Crippen molar-refractivity contribution in [3.8, 4) is 11.5 Å². The molecule has 0 unspecified atom stereocenters. The summed E-state index contributed by atoms with van der Waals surface area (Å²) in [7, 11) is -2.25. The van der Waals surface area contributed by atoms with Gasteiger partial charge in [-0.3, -0.25) is 19.0 Å². The van der Waals surface area contributed by atoms with Crippen LogP contribution in [0.3, 0.4) is 0 Å². The van der Waals surface area contributed by atoms with E-state index in [-0.39, 0.29) is 58.7 Å². The standard InChI is InChI=1S/C28H44N6O8S2/c1-33(2)43(39,40)31-23-17-21(11-13-25(23)35)27(37)19-29-15-9-7-5-6-8-10-16-30-20-28(38)22-12-14-26(36)24(18-22)32-44(41,42)34(3)4/h11-14,17-18,29-32,35-36H,5-10,15-16,19-20H2,1-4H3. The molecule has 0 fully saturated rings. The van der Waals surface area contributed by atoms with Crippen LogP contribution in [0.15, 0.2) is 36.4 Å². The van der Waals surface area contributed by atoms with Gasteiger partial charge < -0.3 is 20.8 Å². The van der Waals surface area contributed by atoms with Crippen molar-refractivity contribution in [2.75, 3.05) is 63.8 Å². The van der Waals surface area contributed by atoms with E-state index in [1.807, 2.05) is 0 Å². The summed E-state index contributed by atoms with van der Waals surface area (Å²) in [5, 5.41) is 26.1. The number of phenols is 2. The number of benzene rings is 2. The zero-order valence-corrected chi connectivity index (χ0v) is 27.2. The SMILES string of the molecule is CN(C)S(=O)(=O)Nc1cc(C(=O)CNCCCCCCCCNCC(=O)c2ccc(O)c(NS(=O)(=O)N(C)C)c2)ccc1O. The van der Waals surface area contributed by atoms with E-state index in [2.05, 4.69) is 20.1 Å². The number of hydrogen-bond acceptors (Lipinski definition) is 10. The maximum atomic E-state index is 12.5. The summed E-state index contributed by atoms with van der Waals surface area (Å²) < 4.78 is 54.5. The second-order valence-electron chi connectivity index (χ2n) is 10.6. The summed E-state index contributed by atoms with van der Waals surface area (Å²) >= 11 is 0. The number of rotatable bonds is 21. The van der Waals surface area contributed by atoms with Gasteiger partial charge in [-0.05, 0) is 62.3 Å². The molecule has 0 atom stereocenters. The van der Waals surface area contributed by atoms with Gasteiger partial charge in [0.05, 0.1) is 24.5 Å². The van der Waals surface area contributed by atoms with Crippen LogP contribution in [0, 0.1) is 0 Å². The van der Waals surface area contributed by atoms with Gasteiger partial charge in [0.2, 0.25) is 0 Å². The maximum absolute atomic E-state index is 12.5. The molecule has 0 aliphatic heterocycles. The lowest BCUT2D eigenvalue weighted by molar-refractivity contribution is 0.0983. The number of unbranched alkanes of at least 4 members (excludes halogenated alkanes) is 5. The Balaban J connectivity index is 1.58. The first-order valence-electron chi connectivity index (χ1n) is 14.2. The fourth-order valence-electron chi connectivity index (χ4n) is 3.86. The molecule has 2 rings (SSSR count). The van der Waals surface area contributed by atoms with Gasteiger partial charge in [-0.15, -0.1) is 0 Å². The molecular formula is C28H44N6O8S2. The number of aromatic hydroxyl groups is 2. The van der Waals surface area contributed by atoms with Crippen molar-refractivity contribution in [1.82, 2.24) is 19.2 Å². The van der Waals surface area contributed by atoms with E-state index >= 15 is 0 Å². The molecule has 2 aromatic rings. The van der Waals surface area contributed by atoms with E-state index in [1.54, 1.807) is 0 Å². The highest BCUT2D eigenvalue weighted by Gasteiger charge is 2.18. The summed E-state index contributed by atoms with van der Waals surface area (Å²) in [5.41, 5.74) is 0.431. The van der Waals surface area contributed by atoms with Crippen molar-refractivity contribution >= 4 is 43.4 Å². The van der Waals surface area contributed by atoms with Crippen molar-refractivity contribution in [2.24, 2.45) is 0 Å². The lowest BCUT2D eigenvalue weighted by Crippen LogP contribution is -2.29. The predicted molar refractivity (Wildman–Crippen MR) is 171 cm³/mol. The molecular weight excluding hydrogens is 612 g/mol. The van der Waals surface area contributed by atoms with Crippen molar-refractivity contribution in [3.63, 3.8) is 0 Å². The van der Waals surface area contributed by atoms with Crippen molar-refractivity contribution in [2.45, 2.75) is 38.5 Å². The number of carbonyl (C=O) groups is 2. The third-order valence-electron chi connectivity index (χ3n) is 6.60. The molecule has 0 aromatic heterocycles. The molecule has 0 aliphatic carbocycles. The first-order valence-corrected chi connectivity index (χ1v) is 17.1. The highest BCUT2D eigenvalue weighted by molar-refractivity contribution is 7.90. The van der Waals surface area contributed by atoms with Crippen LogP contribution in [0.5, 0.6) is 11.5 Å². The summed E-state index contributed by atoms with van der Waals surface area (Å²) in [6.45, 7) is 1.49. The third-order valence-corrected chi connectivity index (χ3v) is 9.48. The summed E-state index contributed by atoms with van der Waals surface area (Å²) in [6.07, 6.45) is 5.82. The third kappa shape index (κ3) is 12.0. The Morgan fingerprint density at radius 2 is 0.955 bits per heavy atom. The number of nitrogens with zero attached hydrogens (tertiary/aromatic N) is 2. The van der Waals surface area contributed by atoms with Crippen LogP contribution < -0.4 is 20.1 Å². The van der Waals surface area contributed by atoms with E-state index in [0.29, 0.717) is 13.1 Å². The van der Waals surface area contributed by atoms with Crippen LogP contribution >= 0.6 is 0 Å². The Labute approximate surface area is 260 Å². The van der Waals surface area contributed by atoms with Crippen molar-refractivity contribution < 1.29 is 36.6 Å². The highest BCUT2D eigenvalue weighted by Crippen LogP contribution is 2.27. The summed E-state index contributed by atoms with van der Waals surface area (Å²) in [4.78, 5) is 25.0. The Bertz CT molecular complexity index is 1370. The molecule has 0 bridgehead atoms. The maximum Gasteiger partial charge on any atom is 0.301 e. The van der Waals surface area contributed by atoms with Crippen LogP contribution in [0.2, 0.25) is 0 Å². The lowest BCUT2D eigenvalue weighted by atomic mass is 10.1. The normalized spacial score (nSPS) is 12.0. The van der Waals surface area contributed by atoms with Gasteiger partial charge in [0, 0.05) is 39.3 Å². The molecule has 0 heterocycles. The zero-order chi connectivity index (χ0) is 32.9. The minimum Gasteiger partial charge on any atom is -0.506 e. The number of ketones is 2. The van der Waals surface area contributed by atoms with Gasteiger partial charge in [0.25, 0.3) is 0 Å². The molecule has 246 valence electrons. The number of carbonyl (C=O) groups excluding carboxylic acids is 2. The minimum absolute atomic E-state index is 0.0643. The second kappa shape index (κ2) is 17.3. The molecule has 44 heavy (non-hydrogen) atoms. The van der Waals surface area contributed by atoms with Crippen molar-refractivity contribution in [3.05, 3.63) is 47.5 Å². The van der Waals surface area contributed by atoms with Gasteiger partial charge in [-0.2, -0.15) is 25.4 Å². The quantitative estimate of drug-likeness (QED) is 0.0658. The summed E-state index contributed by atoms with van der Waals surface area (Å²) in [5.74, 6) is -0.994. The van der Waals surface area contributed by atoms with Crippen LogP contribution in [0.4, 0.5) is 11.4 Å². The van der Waals surface area contributed by atoms with Gasteiger partial charge in [-0.1, -0.05) is 25.7 Å². The molecule has 0 saturated carbocycles. The molecule has 0 aliphatic rings. The number of hydrogen-bond donors (Lipinski definition) is 6. The molecule has 0 saturated heterocycles. The Kier molecular flexibility index (Phi) is 14.5. The minimum atomic E-state index is -3.82. The fourth-order valence-corrected chi connectivity index (χ4v) is 5.11. The predicted octanol–water partition coefficient (Wildman–Crippen LogP) is 2.12. The van der Waals surface area contributed by atoms with E-state index in [0.717, 1.165) is 47.1 Å². The topological polar surface area (TPSA) is 197 Å². The second-order valence-corrected chi connectivity index (χ2v) is 14.3. The average molecular weight is 657 g/mol. The Hall–Kier alpha value is -3.28. The Morgan fingerprint density at radius 1 is 0.614 bits per heavy atom. The van der Waals surface area contributed by atoms with Gasteiger partial charge in [0.15, 0.2) is 11.6 Å². The molecule has 14 nitrogen and oxygen atoms in total. The lowest BCUT2D eigenvalue weighted by Gasteiger charge is -2.15. The van der Waals surface area contributed by atoms with Gasteiger partial charge in [0.1, 0.15) is 11.5 Å². The molecule has 0 radical (unpaired) electrons. The van der Waals surface area contributed by atoms with E-state index in [9.17, 15) is 36.6 Å². The van der Waals surface area contributed by atoms with Crippen LogP contribution in [0.25, 0.3) is 0 Å². The van der Waals surface area contributed by atoms with Crippen molar-refractivity contribution in [1.29, 1.82) is 0 Å². The number of anilines is 2. The molecule has 0 amide bonds. The van der Waals surface area contributed by atoms with Crippen LogP contribution in [-0.2, 0) is 20.4 Å². The fraction of sp³-hybridized carbons (Fsp3) is 0.500. The first kappa shape index (κ1) is 36.9. The summed E-state index contributed by atoms with van der Waals surface area (Å²) in [6, 6.07) is 8.07. The molecule has 0 spiro atoms. The number of Topliss-reactive ketones (excluding diaryl/α,β-unsaturated/α-hetero) is 2. The number of phenolic OH excluding ortho intramolecular Hbond substituents is 2. The van der Waals surface area contributed by atoms with E-state index < -0.39 is 20.4 Å². The average Bonchev–Trinajstić information content (AvgIpc) is 2.95. The van der Waals surface area contributed by atoms with Gasteiger partial charge >= 0.3 is 20.4 Å². The van der Waals surface area contributed by atoms with Gasteiger partial charge in [-0.25, -0.2) is 0 Å². The monoisotopic (exact) mass is 656 g/mol. The largest absolute Gasteiger partial charge is 0.506 e. The van der Waals surface area contributed by atoms with Crippen LogP contribution in [0.1, 0.15) is 59.2 Å². The van der Waals surface area contributed by atoms with Crippen LogP contribution in [-0.4, -0.2) is 102 Å². The zero-order valence-electron chi connectivity index (χ0n) is 25.6. The Morgan fingerprint density at radius 3 is 1.30 bits per heavy atom. The number of nitrogens with one attached hydrogen (secondary N) is 4. The highest BCUT2D eigenvalue weighted by atomic mass is 32.2. The van der Waals surface area contributed by atoms with E-state index in [4.69, 9.17) is 0 Å². The van der Waals surface area contributed by atoms with E-state index in [1.165, 1.54) is 64.6 Å². The first-order chi connectivity index (χ1) is 20.6. The molecule has 2 aromatic carbocycles.